The average Bonchev–Trinajstić information content (AvgIpc) is 2.90. The molecule has 1 aliphatic heterocycles. The summed E-state index contributed by atoms with van der Waals surface area (Å²) >= 11 is 5.94. The number of nitrogens with one attached hydrogen (secondary N) is 1. The van der Waals surface area contributed by atoms with Crippen LogP contribution in [0, 0.1) is 0 Å². The Labute approximate surface area is 162 Å². The molecular weight excluding hydrogens is 401 g/mol. The maximum atomic E-state index is 12.6. The molecule has 0 spiro atoms. The van der Waals surface area contributed by atoms with E-state index in [-0.39, 0.29) is 35.8 Å². The normalized spacial score (nSPS) is 13.5. The van der Waals surface area contributed by atoms with Gasteiger partial charge < -0.3 is 15.0 Å². The number of halogens is 4. The van der Waals surface area contributed by atoms with Crippen molar-refractivity contribution in [3.8, 4) is 5.88 Å². The molecule has 2 amide bonds. The molecule has 0 radical (unpaired) electrons. The minimum atomic E-state index is -4.50. The summed E-state index contributed by atoms with van der Waals surface area (Å²) in [5.41, 5.74) is 1.52. The lowest BCUT2D eigenvalue weighted by Gasteiger charge is -2.16. The molecule has 0 unspecified atom stereocenters. The van der Waals surface area contributed by atoms with Crippen LogP contribution in [0.15, 0.2) is 24.5 Å². The van der Waals surface area contributed by atoms with Crippen molar-refractivity contribution >= 4 is 29.2 Å². The first kappa shape index (κ1) is 19.9. The Hall–Kier alpha value is -2.88. The summed E-state index contributed by atoms with van der Waals surface area (Å²) in [6.07, 6.45) is -1.78. The summed E-state index contributed by atoms with van der Waals surface area (Å²) in [7, 11) is 0. The molecule has 0 atom stereocenters. The van der Waals surface area contributed by atoms with Crippen molar-refractivity contribution in [3.63, 3.8) is 0 Å². The monoisotopic (exact) mass is 414 g/mol. The topological polar surface area (TPSA) is 84.4 Å². The first-order valence-electron chi connectivity index (χ1n) is 8.03. The van der Waals surface area contributed by atoms with Gasteiger partial charge in [0.15, 0.2) is 6.61 Å². The number of amides is 2. The number of hydrogen-bond acceptors (Lipinski definition) is 5. The van der Waals surface area contributed by atoms with E-state index >= 15 is 0 Å². The van der Waals surface area contributed by atoms with Gasteiger partial charge in [0.05, 0.1) is 6.54 Å². The van der Waals surface area contributed by atoms with Crippen LogP contribution >= 0.6 is 11.6 Å². The molecule has 1 aliphatic rings. The molecule has 1 N–H and O–H groups in total. The van der Waals surface area contributed by atoms with E-state index in [1.54, 1.807) is 6.07 Å². The number of rotatable bonds is 5. The first-order chi connectivity index (χ1) is 13.1. The van der Waals surface area contributed by atoms with Crippen LogP contribution in [0.2, 0.25) is 5.02 Å². The smallest absolute Gasteiger partial charge is 0.422 e. The van der Waals surface area contributed by atoms with Crippen molar-refractivity contribution in [1.29, 1.82) is 0 Å². The van der Waals surface area contributed by atoms with Gasteiger partial charge in [0.1, 0.15) is 10.8 Å². The zero-order valence-corrected chi connectivity index (χ0v) is 15.3. The fourth-order valence-electron chi connectivity index (χ4n) is 2.72. The molecule has 2 aromatic rings. The first-order valence-corrected chi connectivity index (χ1v) is 8.40. The fourth-order valence-corrected chi connectivity index (χ4v) is 2.96. The van der Waals surface area contributed by atoms with Gasteiger partial charge in [0.25, 0.3) is 5.91 Å². The van der Waals surface area contributed by atoms with E-state index in [9.17, 15) is 22.8 Å². The maximum Gasteiger partial charge on any atom is 0.422 e. The van der Waals surface area contributed by atoms with E-state index in [1.807, 2.05) is 0 Å². The van der Waals surface area contributed by atoms with Crippen molar-refractivity contribution in [2.45, 2.75) is 26.2 Å². The van der Waals surface area contributed by atoms with E-state index in [1.165, 1.54) is 30.3 Å². The maximum absolute atomic E-state index is 12.6. The van der Waals surface area contributed by atoms with E-state index in [0.29, 0.717) is 22.5 Å². The predicted octanol–water partition coefficient (Wildman–Crippen LogP) is 3.19. The lowest BCUT2D eigenvalue weighted by Crippen LogP contribution is -2.23. The Bertz CT molecular complexity index is 936. The molecule has 7 nitrogen and oxygen atoms in total. The van der Waals surface area contributed by atoms with Crippen molar-refractivity contribution in [3.05, 3.63) is 46.2 Å². The van der Waals surface area contributed by atoms with Crippen molar-refractivity contribution in [2.24, 2.45) is 0 Å². The highest BCUT2D eigenvalue weighted by Gasteiger charge is 2.31. The largest absolute Gasteiger partial charge is 0.467 e. The number of hydrogen-bond donors (Lipinski definition) is 1. The molecule has 11 heteroatoms. The number of ether oxygens (including phenoxy) is 1. The summed E-state index contributed by atoms with van der Waals surface area (Å²) < 4.78 is 41.3. The molecule has 0 aliphatic carbocycles. The highest BCUT2D eigenvalue weighted by atomic mass is 35.5. The van der Waals surface area contributed by atoms with E-state index in [4.69, 9.17) is 11.6 Å². The van der Waals surface area contributed by atoms with Crippen LogP contribution < -0.4 is 10.1 Å². The lowest BCUT2D eigenvalue weighted by atomic mass is 10.1. The average molecular weight is 415 g/mol. The van der Waals surface area contributed by atoms with Gasteiger partial charge >= 0.3 is 6.18 Å². The zero-order valence-electron chi connectivity index (χ0n) is 14.5. The van der Waals surface area contributed by atoms with Crippen molar-refractivity contribution < 1.29 is 27.5 Å². The van der Waals surface area contributed by atoms with E-state index in [0.717, 1.165) is 0 Å². The van der Waals surface area contributed by atoms with Crippen molar-refractivity contribution in [2.75, 3.05) is 11.9 Å². The molecule has 0 saturated heterocycles. The van der Waals surface area contributed by atoms with Gasteiger partial charge in [-0.25, -0.2) is 9.97 Å². The van der Waals surface area contributed by atoms with Crippen LogP contribution in [0.1, 0.15) is 28.4 Å². The van der Waals surface area contributed by atoms with Gasteiger partial charge in [-0.15, -0.1) is 0 Å². The van der Waals surface area contributed by atoms with Crippen LogP contribution in [0.25, 0.3) is 0 Å². The minimum absolute atomic E-state index is 0.0912. The number of pyridine rings is 2. The van der Waals surface area contributed by atoms with Crippen LogP contribution in [0.3, 0.4) is 0 Å². The number of nitrogens with zero attached hydrogens (tertiary/aromatic N) is 3. The van der Waals surface area contributed by atoms with Gasteiger partial charge in [-0.05, 0) is 17.7 Å². The molecule has 3 rings (SSSR count). The van der Waals surface area contributed by atoms with Crippen LogP contribution in [-0.2, 0) is 17.9 Å². The highest BCUT2D eigenvalue weighted by molar-refractivity contribution is 6.31. The number of fused-ring (bicyclic) bond motifs is 1. The highest BCUT2D eigenvalue weighted by Crippen LogP contribution is 2.30. The standard InChI is InChI=1S/C17H14ClF3N4O3/c1-9(26)24-14-12-7-25(16(27)11(12)2-3-22-14)6-10-4-13(18)15(23-5-10)28-8-17(19,20)21/h2-5H,6-8H2,1H3,(H,22,24,26). The molecule has 0 bridgehead atoms. The van der Waals surface area contributed by atoms with Crippen LogP contribution in [0.5, 0.6) is 5.88 Å². The molecule has 0 fully saturated rings. The lowest BCUT2D eigenvalue weighted by molar-refractivity contribution is -0.154. The summed E-state index contributed by atoms with van der Waals surface area (Å²) in [5.74, 6) is -0.599. The van der Waals surface area contributed by atoms with E-state index in [2.05, 4.69) is 20.0 Å². The summed E-state index contributed by atoms with van der Waals surface area (Å²) in [6.45, 7) is 0.171. The SMILES string of the molecule is CC(=O)Nc1nccc2c1CN(Cc1cnc(OCC(F)(F)F)c(Cl)c1)C2=O. The van der Waals surface area contributed by atoms with Gasteiger partial charge in [0, 0.05) is 37.0 Å². The molecule has 0 aromatic carbocycles. The Morgan fingerprint density at radius 2 is 2.14 bits per heavy atom. The Morgan fingerprint density at radius 3 is 2.79 bits per heavy atom. The number of carbonyl (C=O) groups excluding carboxylic acids is 2. The molecular formula is C17H14ClF3N4O3. The second kappa shape index (κ2) is 7.63. The van der Waals surface area contributed by atoms with Crippen molar-refractivity contribution in [1.82, 2.24) is 14.9 Å². The minimum Gasteiger partial charge on any atom is -0.467 e. The molecule has 0 saturated carbocycles. The number of carbonyl (C=O) groups is 2. The van der Waals surface area contributed by atoms with Gasteiger partial charge in [-0.2, -0.15) is 13.2 Å². The van der Waals surface area contributed by atoms with E-state index < -0.39 is 12.8 Å². The molecule has 3 heterocycles. The number of aromatic nitrogens is 2. The second-order valence-corrected chi connectivity index (χ2v) is 6.47. The van der Waals surface area contributed by atoms with Gasteiger partial charge in [-0.3, -0.25) is 9.59 Å². The fraction of sp³-hybridized carbons (Fsp3) is 0.294. The number of anilines is 1. The number of alkyl halides is 3. The third kappa shape index (κ3) is 4.50. The third-order valence-electron chi connectivity index (χ3n) is 3.83. The summed E-state index contributed by atoms with van der Waals surface area (Å²) in [5, 5.41) is 2.49. The van der Waals surface area contributed by atoms with Gasteiger partial charge in [0.2, 0.25) is 11.8 Å². The second-order valence-electron chi connectivity index (χ2n) is 6.06. The van der Waals surface area contributed by atoms with Crippen LogP contribution in [0.4, 0.5) is 19.0 Å². The Balaban J connectivity index is 1.73. The quantitative estimate of drug-likeness (QED) is 0.812. The predicted molar refractivity (Wildman–Crippen MR) is 92.9 cm³/mol. The molecule has 28 heavy (non-hydrogen) atoms. The molecule has 148 valence electrons. The zero-order chi connectivity index (χ0) is 20.5. The summed E-state index contributed by atoms with van der Waals surface area (Å²) in [4.78, 5) is 33.2. The van der Waals surface area contributed by atoms with Crippen LogP contribution in [-0.4, -0.2) is 39.5 Å². The Kier molecular flexibility index (Phi) is 5.41. The van der Waals surface area contributed by atoms with Gasteiger partial charge in [-0.1, -0.05) is 11.6 Å². The molecule has 2 aromatic heterocycles. The summed E-state index contributed by atoms with van der Waals surface area (Å²) in [6, 6.07) is 2.95. The Morgan fingerprint density at radius 1 is 1.39 bits per heavy atom. The third-order valence-corrected chi connectivity index (χ3v) is 4.10.